The maximum atomic E-state index is 2.83. The molecule has 3 aromatic heterocycles. The van der Waals surface area contributed by atoms with Crippen molar-refractivity contribution < 1.29 is 9.13 Å². The molecule has 9 rings (SSSR count). The highest BCUT2D eigenvalue weighted by atomic mass is 32.1. The third-order valence-corrected chi connectivity index (χ3v) is 16.9. The lowest BCUT2D eigenvalue weighted by Crippen LogP contribution is -2.68. The Hall–Kier alpha value is -5.06. The SMILES string of the molecule is CCCCCC(C)c1cccc(C(C)C)c1-n1c2[n+](c3ccccc31)C(C)(CC)C(CC)(CCC[n+]1ccc(C(C)C)cc1-c1c(C)ccc3c1sc1ccccc13)c1ccccc1-2. The number of fused-ring (bicyclic) bond motifs is 8. The van der Waals surface area contributed by atoms with Gasteiger partial charge in [-0.3, -0.25) is 0 Å². The van der Waals surface area contributed by atoms with Crippen LogP contribution in [-0.2, 0) is 17.5 Å². The number of thiophene rings is 1. The number of aromatic nitrogens is 3. The highest BCUT2D eigenvalue weighted by molar-refractivity contribution is 7.26. The lowest BCUT2D eigenvalue weighted by atomic mass is 9.58. The number of para-hydroxylation sites is 3. The molecular formula is C60H71N3S+2. The van der Waals surface area contributed by atoms with Crippen molar-refractivity contribution in [3.63, 3.8) is 0 Å². The molecule has 0 saturated heterocycles. The zero-order chi connectivity index (χ0) is 44.9. The van der Waals surface area contributed by atoms with Gasteiger partial charge in [-0.15, -0.1) is 11.3 Å². The fourth-order valence-electron chi connectivity index (χ4n) is 12.0. The van der Waals surface area contributed by atoms with Crippen LogP contribution in [0, 0.1) is 6.92 Å². The van der Waals surface area contributed by atoms with Crippen LogP contribution in [0.5, 0.6) is 0 Å². The van der Waals surface area contributed by atoms with Gasteiger partial charge in [-0.2, -0.15) is 9.13 Å². The summed E-state index contributed by atoms with van der Waals surface area (Å²) in [6, 6.07) is 44.6. The highest BCUT2D eigenvalue weighted by Gasteiger charge is 2.58. The molecule has 330 valence electrons. The van der Waals surface area contributed by atoms with Crippen molar-refractivity contribution in [3.05, 3.63) is 149 Å². The van der Waals surface area contributed by atoms with Crippen molar-refractivity contribution in [1.82, 2.24) is 4.57 Å². The Morgan fingerprint density at radius 1 is 0.703 bits per heavy atom. The van der Waals surface area contributed by atoms with Crippen LogP contribution in [0.3, 0.4) is 0 Å². The Labute approximate surface area is 387 Å². The molecule has 64 heavy (non-hydrogen) atoms. The minimum absolute atomic E-state index is 0.0984. The quantitative estimate of drug-likeness (QED) is 0.0719. The Bertz CT molecular complexity index is 2980. The monoisotopic (exact) mass is 866 g/mol. The van der Waals surface area contributed by atoms with Gasteiger partial charge < -0.3 is 0 Å². The second-order valence-electron chi connectivity index (χ2n) is 20.0. The van der Waals surface area contributed by atoms with E-state index in [-0.39, 0.29) is 11.0 Å². The summed E-state index contributed by atoms with van der Waals surface area (Å²) in [5, 5.41) is 2.73. The molecule has 1 aliphatic heterocycles. The molecule has 5 aromatic carbocycles. The Balaban J connectivity index is 1.20. The van der Waals surface area contributed by atoms with Crippen molar-refractivity contribution in [2.75, 3.05) is 0 Å². The lowest BCUT2D eigenvalue weighted by Gasteiger charge is -2.50. The molecule has 0 spiro atoms. The topological polar surface area (TPSA) is 12.7 Å². The normalized spacial score (nSPS) is 17.8. The zero-order valence-electron chi connectivity index (χ0n) is 40.4. The number of nitrogens with zero attached hydrogens (tertiary/aromatic N) is 3. The number of pyridine rings is 1. The van der Waals surface area contributed by atoms with Gasteiger partial charge in [-0.25, -0.2) is 4.57 Å². The van der Waals surface area contributed by atoms with E-state index in [4.69, 9.17) is 0 Å². The Morgan fingerprint density at radius 3 is 2.22 bits per heavy atom. The van der Waals surface area contributed by atoms with Gasteiger partial charge >= 0.3 is 0 Å². The van der Waals surface area contributed by atoms with E-state index in [0.717, 1.165) is 32.2 Å². The van der Waals surface area contributed by atoms with Gasteiger partial charge in [0.05, 0.1) is 11.1 Å². The minimum atomic E-state index is -0.190. The number of hydrogen-bond acceptors (Lipinski definition) is 1. The van der Waals surface area contributed by atoms with E-state index in [9.17, 15) is 0 Å². The van der Waals surface area contributed by atoms with Crippen molar-refractivity contribution in [1.29, 1.82) is 0 Å². The predicted octanol–water partition coefficient (Wildman–Crippen LogP) is 16.4. The molecule has 3 nitrogen and oxygen atoms in total. The van der Waals surface area contributed by atoms with Crippen molar-refractivity contribution in [2.45, 2.75) is 156 Å². The summed E-state index contributed by atoms with van der Waals surface area (Å²) in [7, 11) is 0. The van der Waals surface area contributed by atoms with Crippen LogP contribution in [0.25, 0.3) is 59.5 Å². The van der Waals surface area contributed by atoms with Gasteiger partial charge in [0.1, 0.15) is 17.8 Å². The number of benzene rings is 5. The molecule has 0 saturated carbocycles. The van der Waals surface area contributed by atoms with Crippen molar-refractivity contribution in [2.24, 2.45) is 0 Å². The van der Waals surface area contributed by atoms with Crippen LogP contribution in [0.4, 0.5) is 0 Å². The van der Waals surface area contributed by atoms with Crippen LogP contribution in [0.15, 0.2) is 121 Å². The van der Waals surface area contributed by atoms with E-state index >= 15 is 0 Å². The highest BCUT2D eigenvalue weighted by Crippen LogP contribution is 2.54. The summed E-state index contributed by atoms with van der Waals surface area (Å²) in [6.45, 7) is 25.0. The van der Waals surface area contributed by atoms with E-state index < -0.39 is 0 Å². The summed E-state index contributed by atoms with van der Waals surface area (Å²) in [5.41, 5.74) is 15.0. The van der Waals surface area contributed by atoms with Crippen molar-refractivity contribution in [3.8, 4) is 28.3 Å². The molecule has 1 aliphatic rings. The molecule has 3 unspecified atom stereocenters. The fourth-order valence-corrected chi connectivity index (χ4v) is 13.3. The Kier molecular flexibility index (Phi) is 12.2. The first kappa shape index (κ1) is 44.2. The van der Waals surface area contributed by atoms with Crippen LogP contribution in [-0.4, -0.2) is 4.57 Å². The van der Waals surface area contributed by atoms with Crippen LogP contribution >= 0.6 is 11.3 Å². The summed E-state index contributed by atoms with van der Waals surface area (Å²) in [6.07, 6.45) is 11.7. The average molecular weight is 866 g/mol. The molecule has 0 N–H and O–H groups in total. The van der Waals surface area contributed by atoms with Crippen LogP contribution < -0.4 is 9.13 Å². The molecule has 0 aliphatic carbocycles. The van der Waals surface area contributed by atoms with Gasteiger partial charge in [-0.05, 0) is 98.2 Å². The molecule has 0 fully saturated rings. The summed E-state index contributed by atoms with van der Waals surface area (Å²) < 4.78 is 10.9. The van der Waals surface area contributed by atoms with Gasteiger partial charge in [0.2, 0.25) is 5.69 Å². The molecule has 4 heterocycles. The number of aryl methyl sites for hydroxylation is 2. The molecular weight excluding hydrogens is 795 g/mol. The first-order valence-corrected chi connectivity index (χ1v) is 25.5. The average Bonchev–Trinajstić information content (AvgIpc) is 3.86. The summed E-state index contributed by atoms with van der Waals surface area (Å²) >= 11 is 1.95. The number of rotatable bonds is 15. The smallest absolute Gasteiger partial charge is 0.216 e. The van der Waals surface area contributed by atoms with Gasteiger partial charge in [0, 0.05) is 55.3 Å². The molecule has 0 radical (unpaired) electrons. The van der Waals surface area contributed by atoms with Crippen molar-refractivity contribution >= 4 is 42.5 Å². The molecule has 3 atom stereocenters. The first-order chi connectivity index (χ1) is 31.0. The van der Waals surface area contributed by atoms with E-state index in [0.29, 0.717) is 17.8 Å². The van der Waals surface area contributed by atoms with E-state index in [1.165, 1.54) is 113 Å². The Morgan fingerprint density at radius 2 is 1.45 bits per heavy atom. The van der Waals surface area contributed by atoms with Gasteiger partial charge in [0.15, 0.2) is 17.2 Å². The third kappa shape index (κ3) is 7.05. The predicted molar refractivity (Wildman–Crippen MR) is 274 cm³/mol. The number of imidazole rings is 1. The molecule has 0 amide bonds. The van der Waals surface area contributed by atoms with Crippen LogP contribution in [0.2, 0.25) is 0 Å². The lowest BCUT2D eigenvalue weighted by molar-refractivity contribution is -0.744. The third-order valence-electron chi connectivity index (χ3n) is 15.7. The maximum absolute atomic E-state index is 2.83. The summed E-state index contributed by atoms with van der Waals surface area (Å²) in [4.78, 5) is 0. The number of unbranched alkanes of at least 4 members (excludes halogenated alkanes) is 2. The minimum Gasteiger partial charge on any atom is -0.216 e. The van der Waals surface area contributed by atoms with E-state index in [2.05, 4.69) is 204 Å². The molecule has 8 aromatic rings. The molecule has 0 bridgehead atoms. The van der Waals surface area contributed by atoms with E-state index in [1.54, 1.807) is 0 Å². The fraction of sp³-hybridized carbons (Fsp3) is 0.400. The van der Waals surface area contributed by atoms with Gasteiger partial charge in [0.25, 0.3) is 5.82 Å². The molecule has 4 heteroatoms. The largest absolute Gasteiger partial charge is 0.295 e. The second kappa shape index (κ2) is 17.7. The zero-order valence-corrected chi connectivity index (χ0v) is 41.2. The maximum Gasteiger partial charge on any atom is 0.295 e. The summed E-state index contributed by atoms with van der Waals surface area (Å²) in [5.74, 6) is 2.63. The van der Waals surface area contributed by atoms with E-state index in [1.807, 2.05) is 11.3 Å². The standard InChI is InChI=1S/C60H71N3S/c1-11-14-15-24-42(8)46-28-22-27-45(41(6)7)56(46)62-51-30-19-20-31-52(51)63-58(62)49-26-16-18-29-50(49)60(13-3,59(63,10)12-2)36-23-37-61-38-35-44(40(4)5)39-53(61)55-43(9)33-34-48-47-25-17-21-32-54(47)64-57(48)55/h16-22,25-35,38-42H,11-15,23-24,36-37H2,1-10H3/q+2. The van der Waals surface area contributed by atoms with Crippen LogP contribution in [0.1, 0.15) is 159 Å². The number of hydrogen-bond donors (Lipinski definition) is 0. The van der Waals surface area contributed by atoms with Gasteiger partial charge in [-0.1, -0.05) is 154 Å². The first-order valence-electron chi connectivity index (χ1n) is 24.7. The second-order valence-corrected chi connectivity index (χ2v) is 21.0.